The van der Waals surface area contributed by atoms with E-state index in [1.165, 1.54) is 21.1 Å². The average Bonchev–Trinajstić information content (AvgIpc) is 2.38. The lowest BCUT2D eigenvalue weighted by atomic mass is 10.0. The second-order valence-corrected chi connectivity index (χ2v) is 3.90. The van der Waals surface area contributed by atoms with Crippen molar-refractivity contribution < 1.29 is 23.8 Å². The number of hydrogen-bond acceptors (Lipinski definition) is 5. The van der Waals surface area contributed by atoms with Gasteiger partial charge >= 0.3 is 5.97 Å². The van der Waals surface area contributed by atoms with E-state index in [1.54, 1.807) is 19.1 Å². The summed E-state index contributed by atoms with van der Waals surface area (Å²) < 4.78 is 15.2. The summed E-state index contributed by atoms with van der Waals surface area (Å²) in [5, 5.41) is 0. The van der Waals surface area contributed by atoms with Crippen molar-refractivity contribution in [2.45, 2.75) is 20.3 Å². The average molecular weight is 266 g/mol. The first-order chi connectivity index (χ1) is 9.03. The van der Waals surface area contributed by atoms with E-state index < -0.39 is 0 Å². The van der Waals surface area contributed by atoms with Crippen LogP contribution in [0, 0.1) is 0 Å². The van der Waals surface area contributed by atoms with Gasteiger partial charge in [0.15, 0.2) is 17.3 Å². The number of carbonyl (C=O) groups excluding carboxylic acids is 2. The predicted molar refractivity (Wildman–Crippen MR) is 69.9 cm³/mol. The molecule has 0 aliphatic carbocycles. The first-order valence-corrected chi connectivity index (χ1v) is 5.94. The number of hydrogen-bond donors (Lipinski definition) is 0. The molecule has 5 nitrogen and oxygen atoms in total. The maximum Gasteiger partial charge on any atom is 0.310 e. The number of esters is 1. The molecule has 0 N–H and O–H groups in total. The molecule has 0 unspecified atom stereocenters. The SMILES string of the molecule is CCOC(=O)Cc1cc(OC)c(OC)cc1C(C)=O. The van der Waals surface area contributed by atoms with Gasteiger partial charge in [-0.25, -0.2) is 0 Å². The lowest BCUT2D eigenvalue weighted by molar-refractivity contribution is -0.142. The lowest BCUT2D eigenvalue weighted by Gasteiger charge is -2.13. The van der Waals surface area contributed by atoms with Crippen LogP contribution < -0.4 is 9.47 Å². The Hall–Kier alpha value is -2.04. The summed E-state index contributed by atoms with van der Waals surface area (Å²) in [6, 6.07) is 3.21. The second kappa shape index (κ2) is 6.78. The van der Waals surface area contributed by atoms with Gasteiger partial charge in [0.1, 0.15) is 0 Å². The summed E-state index contributed by atoms with van der Waals surface area (Å²) >= 11 is 0. The molecule has 0 aliphatic heterocycles. The van der Waals surface area contributed by atoms with E-state index in [1.807, 2.05) is 0 Å². The van der Waals surface area contributed by atoms with Crippen LogP contribution in [0.15, 0.2) is 12.1 Å². The maximum absolute atomic E-state index is 11.6. The van der Waals surface area contributed by atoms with Gasteiger partial charge in [0.25, 0.3) is 0 Å². The molecule has 0 spiro atoms. The van der Waals surface area contributed by atoms with Crippen LogP contribution >= 0.6 is 0 Å². The lowest BCUT2D eigenvalue weighted by Crippen LogP contribution is -2.11. The Morgan fingerprint density at radius 1 is 1.11 bits per heavy atom. The molecule has 0 saturated heterocycles. The molecule has 0 fully saturated rings. The van der Waals surface area contributed by atoms with Crippen LogP contribution in [0.2, 0.25) is 0 Å². The van der Waals surface area contributed by atoms with Crippen LogP contribution in [0.3, 0.4) is 0 Å². The van der Waals surface area contributed by atoms with Gasteiger partial charge in [0.2, 0.25) is 0 Å². The van der Waals surface area contributed by atoms with Gasteiger partial charge in [-0.3, -0.25) is 9.59 Å². The molecule has 0 bridgehead atoms. The third-order valence-electron chi connectivity index (χ3n) is 2.63. The number of ether oxygens (including phenoxy) is 3. The standard InChI is InChI=1S/C14H18O5/c1-5-19-14(16)7-10-6-12(17-3)13(18-4)8-11(10)9(2)15/h6,8H,5,7H2,1-4H3. The molecular weight excluding hydrogens is 248 g/mol. The Morgan fingerprint density at radius 3 is 2.16 bits per heavy atom. The Kier molecular flexibility index (Phi) is 5.36. The molecule has 0 heterocycles. The fourth-order valence-corrected chi connectivity index (χ4v) is 1.76. The van der Waals surface area contributed by atoms with Crippen molar-refractivity contribution in [1.82, 2.24) is 0 Å². The normalized spacial score (nSPS) is 9.89. The Balaban J connectivity index is 3.19. The highest BCUT2D eigenvalue weighted by Gasteiger charge is 2.16. The minimum absolute atomic E-state index is 0.0309. The van der Waals surface area contributed by atoms with E-state index in [4.69, 9.17) is 14.2 Å². The number of ketones is 1. The zero-order chi connectivity index (χ0) is 14.4. The number of benzene rings is 1. The molecule has 104 valence electrons. The topological polar surface area (TPSA) is 61.8 Å². The third kappa shape index (κ3) is 3.71. The van der Waals surface area contributed by atoms with Crippen molar-refractivity contribution >= 4 is 11.8 Å². The number of methoxy groups -OCH3 is 2. The highest BCUT2D eigenvalue weighted by atomic mass is 16.5. The van der Waals surface area contributed by atoms with Crippen molar-refractivity contribution in [3.63, 3.8) is 0 Å². The maximum atomic E-state index is 11.6. The summed E-state index contributed by atoms with van der Waals surface area (Å²) in [5.41, 5.74) is 1.01. The van der Waals surface area contributed by atoms with E-state index in [9.17, 15) is 9.59 Å². The predicted octanol–water partition coefficient (Wildman–Crippen LogP) is 2.01. The molecule has 1 rings (SSSR count). The zero-order valence-corrected chi connectivity index (χ0v) is 11.6. The van der Waals surface area contributed by atoms with Gasteiger partial charge in [0.05, 0.1) is 27.2 Å². The van der Waals surface area contributed by atoms with Gasteiger partial charge in [-0.15, -0.1) is 0 Å². The largest absolute Gasteiger partial charge is 0.493 e. The van der Waals surface area contributed by atoms with Gasteiger partial charge in [0, 0.05) is 5.56 Å². The number of rotatable bonds is 6. The fraction of sp³-hybridized carbons (Fsp3) is 0.429. The van der Waals surface area contributed by atoms with Crippen LogP contribution in [-0.2, 0) is 16.0 Å². The Bertz CT molecular complexity index is 479. The van der Waals surface area contributed by atoms with Crippen LogP contribution in [0.4, 0.5) is 0 Å². The van der Waals surface area contributed by atoms with Crippen molar-refractivity contribution in [3.05, 3.63) is 23.3 Å². The minimum Gasteiger partial charge on any atom is -0.493 e. The second-order valence-electron chi connectivity index (χ2n) is 3.90. The first kappa shape index (κ1) is 15.0. The monoisotopic (exact) mass is 266 g/mol. The molecule has 0 aliphatic rings. The molecule has 19 heavy (non-hydrogen) atoms. The van der Waals surface area contributed by atoms with Crippen molar-refractivity contribution in [3.8, 4) is 11.5 Å². The molecule has 0 aromatic heterocycles. The molecule has 0 saturated carbocycles. The van der Waals surface area contributed by atoms with Crippen molar-refractivity contribution in [2.75, 3.05) is 20.8 Å². The summed E-state index contributed by atoms with van der Waals surface area (Å²) in [7, 11) is 2.99. The third-order valence-corrected chi connectivity index (χ3v) is 2.63. The van der Waals surface area contributed by atoms with Crippen molar-refractivity contribution in [1.29, 1.82) is 0 Å². The molecule has 1 aromatic carbocycles. The van der Waals surface area contributed by atoms with Gasteiger partial charge in [-0.05, 0) is 31.5 Å². The highest BCUT2D eigenvalue weighted by molar-refractivity contribution is 5.97. The van der Waals surface area contributed by atoms with E-state index >= 15 is 0 Å². The first-order valence-electron chi connectivity index (χ1n) is 5.94. The molecule has 1 aromatic rings. The molecular formula is C14H18O5. The molecule has 0 radical (unpaired) electrons. The van der Waals surface area contributed by atoms with Crippen LogP contribution in [0.25, 0.3) is 0 Å². The van der Waals surface area contributed by atoms with Gasteiger partial charge < -0.3 is 14.2 Å². The fourth-order valence-electron chi connectivity index (χ4n) is 1.76. The summed E-state index contributed by atoms with van der Waals surface area (Å²) in [4.78, 5) is 23.2. The number of Topliss-reactive ketones (excluding diaryl/α,β-unsaturated/α-hetero) is 1. The smallest absolute Gasteiger partial charge is 0.310 e. The van der Waals surface area contributed by atoms with Gasteiger partial charge in [-0.2, -0.15) is 0 Å². The Morgan fingerprint density at radius 2 is 1.68 bits per heavy atom. The quantitative estimate of drug-likeness (QED) is 0.582. The molecule has 0 amide bonds. The van der Waals surface area contributed by atoms with E-state index in [0.717, 1.165) is 0 Å². The van der Waals surface area contributed by atoms with E-state index in [-0.39, 0.29) is 18.2 Å². The minimum atomic E-state index is -0.378. The van der Waals surface area contributed by atoms with E-state index in [0.29, 0.717) is 29.2 Å². The summed E-state index contributed by atoms with van der Waals surface area (Å²) in [6.45, 7) is 3.48. The highest BCUT2D eigenvalue weighted by Crippen LogP contribution is 2.31. The van der Waals surface area contributed by atoms with Gasteiger partial charge in [-0.1, -0.05) is 0 Å². The van der Waals surface area contributed by atoms with Crippen LogP contribution in [0.1, 0.15) is 29.8 Å². The summed E-state index contributed by atoms with van der Waals surface area (Å²) in [5.74, 6) is 0.421. The molecule has 5 heteroatoms. The van der Waals surface area contributed by atoms with Crippen LogP contribution in [-0.4, -0.2) is 32.6 Å². The molecule has 0 atom stereocenters. The zero-order valence-electron chi connectivity index (χ0n) is 11.6. The van der Waals surface area contributed by atoms with E-state index in [2.05, 4.69) is 0 Å². The summed E-state index contributed by atoms with van der Waals surface area (Å²) in [6.07, 6.45) is 0.0309. The van der Waals surface area contributed by atoms with Crippen LogP contribution in [0.5, 0.6) is 11.5 Å². The Labute approximate surface area is 112 Å². The number of carbonyl (C=O) groups is 2. The van der Waals surface area contributed by atoms with Crippen molar-refractivity contribution in [2.24, 2.45) is 0 Å².